The standard InChI is InChI=1S/C13H24N2O2/c1-4-11(2)15(12(3)16)10-7-13(17)14-8-5-6-9-14/h11H,4-10H2,1-3H3. The molecule has 0 bridgehead atoms. The van der Waals surface area contributed by atoms with E-state index in [9.17, 15) is 9.59 Å². The highest BCUT2D eigenvalue weighted by Gasteiger charge is 2.20. The van der Waals surface area contributed by atoms with Crippen molar-refractivity contribution in [2.45, 2.75) is 52.5 Å². The van der Waals surface area contributed by atoms with Crippen LogP contribution in [0.3, 0.4) is 0 Å². The lowest BCUT2D eigenvalue weighted by atomic mass is 10.2. The van der Waals surface area contributed by atoms with E-state index in [0.717, 1.165) is 32.4 Å². The highest BCUT2D eigenvalue weighted by atomic mass is 16.2. The molecule has 1 aliphatic heterocycles. The van der Waals surface area contributed by atoms with Crippen molar-refractivity contribution in [3.8, 4) is 0 Å². The molecule has 17 heavy (non-hydrogen) atoms. The molecule has 98 valence electrons. The zero-order valence-corrected chi connectivity index (χ0v) is 11.2. The molecule has 4 nitrogen and oxygen atoms in total. The van der Waals surface area contributed by atoms with Gasteiger partial charge in [0.1, 0.15) is 0 Å². The molecule has 2 amide bonds. The molecular weight excluding hydrogens is 216 g/mol. The van der Waals surface area contributed by atoms with Gasteiger partial charge in [0, 0.05) is 39.0 Å². The molecule has 0 radical (unpaired) electrons. The predicted octanol–water partition coefficient (Wildman–Crippen LogP) is 1.65. The molecular formula is C13H24N2O2. The van der Waals surface area contributed by atoms with Crippen molar-refractivity contribution in [3.05, 3.63) is 0 Å². The SMILES string of the molecule is CCC(C)N(CCC(=O)N1CCCC1)C(C)=O. The minimum atomic E-state index is 0.0635. The number of hydrogen-bond acceptors (Lipinski definition) is 2. The van der Waals surface area contributed by atoms with Gasteiger partial charge in [0.25, 0.3) is 0 Å². The van der Waals surface area contributed by atoms with Crippen LogP contribution in [0, 0.1) is 0 Å². The lowest BCUT2D eigenvalue weighted by molar-refractivity contribution is -0.134. The van der Waals surface area contributed by atoms with E-state index in [1.165, 1.54) is 0 Å². The molecule has 0 spiro atoms. The normalized spacial score (nSPS) is 17.0. The average Bonchev–Trinajstić information content (AvgIpc) is 2.81. The van der Waals surface area contributed by atoms with Crippen molar-refractivity contribution in [2.24, 2.45) is 0 Å². The van der Waals surface area contributed by atoms with Gasteiger partial charge >= 0.3 is 0 Å². The van der Waals surface area contributed by atoms with E-state index in [4.69, 9.17) is 0 Å². The summed E-state index contributed by atoms with van der Waals surface area (Å²) in [7, 11) is 0. The summed E-state index contributed by atoms with van der Waals surface area (Å²) in [6.45, 7) is 8.00. The van der Waals surface area contributed by atoms with Gasteiger partial charge in [0.15, 0.2) is 0 Å². The van der Waals surface area contributed by atoms with Crippen LogP contribution in [-0.2, 0) is 9.59 Å². The number of rotatable bonds is 5. The van der Waals surface area contributed by atoms with Crippen LogP contribution in [0.2, 0.25) is 0 Å². The average molecular weight is 240 g/mol. The van der Waals surface area contributed by atoms with E-state index < -0.39 is 0 Å². The first kappa shape index (κ1) is 14.0. The second kappa shape index (κ2) is 6.62. The van der Waals surface area contributed by atoms with Crippen LogP contribution in [0.15, 0.2) is 0 Å². The van der Waals surface area contributed by atoms with Crippen molar-refractivity contribution >= 4 is 11.8 Å². The number of nitrogens with zero attached hydrogens (tertiary/aromatic N) is 2. The molecule has 0 saturated carbocycles. The lowest BCUT2D eigenvalue weighted by Crippen LogP contribution is -2.40. The Morgan fingerprint density at radius 3 is 2.35 bits per heavy atom. The molecule has 0 aliphatic carbocycles. The Morgan fingerprint density at radius 2 is 1.88 bits per heavy atom. The van der Waals surface area contributed by atoms with Crippen molar-refractivity contribution < 1.29 is 9.59 Å². The number of carbonyl (C=O) groups excluding carboxylic acids is 2. The molecule has 4 heteroatoms. The fraction of sp³-hybridized carbons (Fsp3) is 0.846. The molecule has 0 aromatic carbocycles. The van der Waals surface area contributed by atoms with Crippen LogP contribution >= 0.6 is 0 Å². The number of amides is 2. The Kier molecular flexibility index (Phi) is 5.45. The predicted molar refractivity (Wildman–Crippen MR) is 67.6 cm³/mol. The summed E-state index contributed by atoms with van der Waals surface area (Å²) in [5.74, 6) is 0.255. The molecule has 1 aliphatic rings. The van der Waals surface area contributed by atoms with E-state index in [2.05, 4.69) is 6.92 Å². The molecule has 0 N–H and O–H groups in total. The van der Waals surface area contributed by atoms with Crippen LogP contribution in [0.5, 0.6) is 0 Å². The smallest absolute Gasteiger partial charge is 0.224 e. The molecule has 1 heterocycles. The minimum absolute atomic E-state index is 0.0635. The van der Waals surface area contributed by atoms with E-state index in [1.54, 1.807) is 11.8 Å². The molecule has 1 saturated heterocycles. The van der Waals surface area contributed by atoms with Crippen molar-refractivity contribution in [1.82, 2.24) is 9.80 Å². The maximum Gasteiger partial charge on any atom is 0.224 e. The second-order valence-corrected chi connectivity index (χ2v) is 4.81. The third kappa shape index (κ3) is 4.02. The van der Waals surface area contributed by atoms with Gasteiger partial charge in [-0.25, -0.2) is 0 Å². The summed E-state index contributed by atoms with van der Waals surface area (Å²) in [4.78, 5) is 27.1. The molecule has 1 rings (SSSR count). The van der Waals surface area contributed by atoms with E-state index >= 15 is 0 Å². The Labute approximate surface area is 104 Å². The van der Waals surface area contributed by atoms with Gasteiger partial charge in [-0.1, -0.05) is 6.92 Å². The molecule has 1 atom stereocenters. The number of carbonyl (C=O) groups is 2. The Hall–Kier alpha value is -1.06. The van der Waals surface area contributed by atoms with Crippen LogP contribution in [0.4, 0.5) is 0 Å². The number of likely N-dealkylation sites (tertiary alicyclic amines) is 1. The lowest BCUT2D eigenvalue weighted by Gasteiger charge is -2.28. The summed E-state index contributed by atoms with van der Waals surface area (Å²) in [6.07, 6.45) is 3.63. The van der Waals surface area contributed by atoms with E-state index in [-0.39, 0.29) is 17.9 Å². The summed E-state index contributed by atoms with van der Waals surface area (Å²) in [6, 6.07) is 0.221. The topological polar surface area (TPSA) is 40.6 Å². The van der Waals surface area contributed by atoms with Gasteiger partial charge in [0.2, 0.25) is 11.8 Å². The molecule has 1 unspecified atom stereocenters. The second-order valence-electron chi connectivity index (χ2n) is 4.81. The third-order valence-electron chi connectivity index (χ3n) is 3.55. The maximum atomic E-state index is 11.9. The molecule has 0 aromatic rings. The van der Waals surface area contributed by atoms with Gasteiger partial charge in [-0.2, -0.15) is 0 Å². The Morgan fingerprint density at radius 1 is 1.29 bits per heavy atom. The van der Waals surface area contributed by atoms with Gasteiger partial charge in [-0.3, -0.25) is 9.59 Å². The highest BCUT2D eigenvalue weighted by Crippen LogP contribution is 2.11. The Balaban J connectivity index is 2.40. The van der Waals surface area contributed by atoms with E-state index in [0.29, 0.717) is 13.0 Å². The maximum absolute atomic E-state index is 11.9. The van der Waals surface area contributed by atoms with Crippen molar-refractivity contribution in [2.75, 3.05) is 19.6 Å². The molecule has 0 aromatic heterocycles. The van der Waals surface area contributed by atoms with Gasteiger partial charge in [-0.15, -0.1) is 0 Å². The zero-order chi connectivity index (χ0) is 12.8. The monoisotopic (exact) mass is 240 g/mol. The largest absolute Gasteiger partial charge is 0.343 e. The summed E-state index contributed by atoms with van der Waals surface area (Å²) < 4.78 is 0. The fourth-order valence-corrected chi connectivity index (χ4v) is 2.25. The first-order valence-electron chi connectivity index (χ1n) is 6.61. The summed E-state index contributed by atoms with van der Waals surface area (Å²) in [5, 5.41) is 0. The first-order chi connectivity index (χ1) is 8.06. The minimum Gasteiger partial charge on any atom is -0.343 e. The quantitative estimate of drug-likeness (QED) is 0.733. The fourth-order valence-electron chi connectivity index (χ4n) is 2.25. The Bertz CT molecular complexity index is 273. The zero-order valence-electron chi connectivity index (χ0n) is 11.2. The van der Waals surface area contributed by atoms with Crippen molar-refractivity contribution in [3.63, 3.8) is 0 Å². The van der Waals surface area contributed by atoms with Crippen LogP contribution < -0.4 is 0 Å². The van der Waals surface area contributed by atoms with Gasteiger partial charge < -0.3 is 9.80 Å². The highest BCUT2D eigenvalue weighted by molar-refractivity contribution is 5.78. The van der Waals surface area contributed by atoms with Crippen molar-refractivity contribution in [1.29, 1.82) is 0 Å². The number of hydrogen-bond donors (Lipinski definition) is 0. The van der Waals surface area contributed by atoms with Gasteiger partial charge in [0.05, 0.1) is 0 Å². The van der Waals surface area contributed by atoms with E-state index in [1.807, 2.05) is 11.8 Å². The van der Waals surface area contributed by atoms with Crippen LogP contribution in [0.25, 0.3) is 0 Å². The summed E-state index contributed by atoms with van der Waals surface area (Å²) >= 11 is 0. The summed E-state index contributed by atoms with van der Waals surface area (Å²) in [5.41, 5.74) is 0. The van der Waals surface area contributed by atoms with Crippen LogP contribution in [0.1, 0.15) is 46.5 Å². The molecule has 1 fully saturated rings. The third-order valence-corrected chi connectivity index (χ3v) is 3.55. The first-order valence-corrected chi connectivity index (χ1v) is 6.61. The van der Waals surface area contributed by atoms with Gasteiger partial charge in [-0.05, 0) is 26.2 Å². The van der Waals surface area contributed by atoms with Crippen LogP contribution in [-0.4, -0.2) is 47.3 Å².